The molecule has 86 valence electrons. The molecule has 0 unspecified atom stereocenters. The molecule has 3 rings (SSSR count). The standard InChI is InChI=1S/C14H18FN/c15-12-8-7-10-4-1-2-5-11(10)14(12)13-6-3-9-16-13/h7-8,13,16H,1-6,9H2/t13-/m0/s1. The van der Waals surface area contributed by atoms with Gasteiger partial charge < -0.3 is 5.32 Å². The van der Waals surface area contributed by atoms with Crippen molar-refractivity contribution in [1.29, 1.82) is 0 Å². The molecular weight excluding hydrogens is 201 g/mol. The molecule has 1 aliphatic carbocycles. The van der Waals surface area contributed by atoms with E-state index in [1.165, 1.54) is 30.4 Å². The molecule has 0 saturated carbocycles. The molecule has 1 fully saturated rings. The summed E-state index contributed by atoms with van der Waals surface area (Å²) in [5, 5.41) is 3.42. The summed E-state index contributed by atoms with van der Waals surface area (Å²) in [6, 6.07) is 3.93. The zero-order chi connectivity index (χ0) is 11.0. The van der Waals surface area contributed by atoms with Crippen LogP contribution in [0, 0.1) is 5.82 Å². The van der Waals surface area contributed by atoms with Gasteiger partial charge in [0.2, 0.25) is 0 Å². The summed E-state index contributed by atoms with van der Waals surface area (Å²) < 4.78 is 14.0. The Labute approximate surface area is 96.1 Å². The largest absolute Gasteiger partial charge is 0.310 e. The van der Waals surface area contributed by atoms with Crippen molar-refractivity contribution in [3.8, 4) is 0 Å². The third-order valence-corrected chi connectivity index (χ3v) is 3.93. The van der Waals surface area contributed by atoms with Crippen LogP contribution in [0.1, 0.15) is 48.4 Å². The van der Waals surface area contributed by atoms with Crippen LogP contribution in [0.15, 0.2) is 12.1 Å². The molecule has 1 aromatic rings. The van der Waals surface area contributed by atoms with Crippen LogP contribution in [0.2, 0.25) is 0 Å². The first kappa shape index (κ1) is 10.3. The van der Waals surface area contributed by atoms with Gasteiger partial charge in [-0.3, -0.25) is 0 Å². The van der Waals surface area contributed by atoms with E-state index in [1.807, 2.05) is 6.07 Å². The number of benzene rings is 1. The zero-order valence-corrected chi connectivity index (χ0v) is 9.56. The van der Waals surface area contributed by atoms with Gasteiger partial charge in [0.15, 0.2) is 0 Å². The van der Waals surface area contributed by atoms with Crippen LogP contribution in [0.5, 0.6) is 0 Å². The minimum Gasteiger partial charge on any atom is -0.310 e. The van der Waals surface area contributed by atoms with Crippen molar-refractivity contribution in [3.63, 3.8) is 0 Å². The second kappa shape index (κ2) is 4.17. The molecule has 1 atom stereocenters. The van der Waals surface area contributed by atoms with Crippen LogP contribution in [-0.4, -0.2) is 6.54 Å². The highest BCUT2D eigenvalue weighted by atomic mass is 19.1. The Morgan fingerprint density at radius 2 is 2.00 bits per heavy atom. The van der Waals surface area contributed by atoms with Crippen LogP contribution >= 0.6 is 0 Å². The molecule has 1 aromatic carbocycles. The molecular formula is C14H18FN. The van der Waals surface area contributed by atoms with Crippen molar-refractivity contribution in [3.05, 3.63) is 34.6 Å². The number of rotatable bonds is 1. The van der Waals surface area contributed by atoms with Crippen LogP contribution < -0.4 is 5.32 Å². The van der Waals surface area contributed by atoms with Gasteiger partial charge in [-0.1, -0.05) is 6.07 Å². The lowest BCUT2D eigenvalue weighted by Crippen LogP contribution is -2.19. The first-order chi connectivity index (χ1) is 7.86. The van der Waals surface area contributed by atoms with Crippen molar-refractivity contribution in [2.75, 3.05) is 6.54 Å². The van der Waals surface area contributed by atoms with Gasteiger partial charge in [0.1, 0.15) is 5.82 Å². The summed E-state index contributed by atoms with van der Waals surface area (Å²) in [4.78, 5) is 0. The first-order valence-electron chi connectivity index (χ1n) is 6.40. The molecule has 1 N–H and O–H groups in total. The number of halogens is 1. The maximum Gasteiger partial charge on any atom is 0.128 e. The molecule has 2 heteroatoms. The summed E-state index contributed by atoms with van der Waals surface area (Å²) >= 11 is 0. The van der Waals surface area contributed by atoms with E-state index in [9.17, 15) is 4.39 Å². The van der Waals surface area contributed by atoms with Crippen LogP contribution in [0.3, 0.4) is 0 Å². The zero-order valence-electron chi connectivity index (χ0n) is 9.56. The Bertz CT molecular complexity index is 394. The number of hydrogen-bond acceptors (Lipinski definition) is 1. The molecule has 0 bridgehead atoms. The lowest BCUT2D eigenvalue weighted by atomic mass is 9.85. The summed E-state index contributed by atoms with van der Waals surface area (Å²) in [7, 11) is 0. The molecule has 0 amide bonds. The Kier molecular flexibility index (Phi) is 2.68. The van der Waals surface area contributed by atoms with Crippen molar-refractivity contribution in [2.45, 2.75) is 44.6 Å². The van der Waals surface area contributed by atoms with Gasteiger partial charge in [0.25, 0.3) is 0 Å². The van der Waals surface area contributed by atoms with E-state index in [0.717, 1.165) is 31.4 Å². The molecule has 0 aromatic heterocycles. The Morgan fingerprint density at radius 3 is 2.81 bits per heavy atom. The quantitative estimate of drug-likeness (QED) is 0.765. The van der Waals surface area contributed by atoms with E-state index in [2.05, 4.69) is 5.32 Å². The molecule has 1 heterocycles. The van der Waals surface area contributed by atoms with Gasteiger partial charge in [-0.15, -0.1) is 0 Å². The molecule has 0 radical (unpaired) electrons. The fraction of sp³-hybridized carbons (Fsp3) is 0.571. The highest BCUT2D eigenvalue weighted by molar-refractivity contribution is 5.40. The molecule has 1 saturated heterocycles. The van der Waals surface area contributed by atoms with Crippen molar-refractivity contribution in [1.82, 2.24) is 5.32 Å². The molecule has 1 nitrogen and oxygen atoms in total. The number of fused-ring (bicyclic) bond motifs is 1. The summed E-state index contributed by atoms with van der Waals surface area (Å²) in [6.07, 6.45) is 6.95. The predicted molar refractivity (Wildman–Crippen MR) is 63.0 cm³/mol. The van der Waals surface area contributed by atoms with E-state index in [0.29, 0.717) is 0 Å². The molecule has 1 aliphatic heterocycles. The first-order valence-corrected chi connectivity index (χ1v) is 6.40. The summed E-state index contributed by atoms with van der Waals surface area (Å²) in [6.45, 7) is 1.04. The number of hydrogen-bond donors (Lipinski definition) is 1. The third-order valence-electron chi connectivity index (χ3n) is 3.93. The summed E-state index contributed by atoms with van der Waals surface area (Å²) in [5.41, 5.74) is 3.68. The van der Waals surface area contributed by atoms with E-state index in [4.69, 9.17) is 0 Å². The van der Waals surface area contributed by atoms with Crippen molar-refractivity contribution >= 4 is 0 Å². The Morgan fingerprint density at radius 1 is 1.12 bits per heavy atom. The van der Waals surface area contributed by atoms with Gasteiger partial charge >= 0.3 is 0 Å². The van der Waals surface area contributed by atoms with Gasteiger partial charge in [0.05, 0.1) is 0 Å². The SMILES string of the molecule is Fc1ccc2c(c1[C@@H]1CCCN1)CCCC2. The van der Waals surface area contributed by atoms with E-state index < -0.39 is 0 Å². The van der Waals surface area contributed by atoms with Crippen LogP contribution in [-0.2, 0) is 12.8 Å². The highest BCUT2D eigenvalue weighted by Gasteiger charge is 2.25. The number of nitrogens with one attached hydrogen (secondary N) is 1. The number of aryl methyl sites for hydroxylation is 1. The molecule has 0 spiro atoms. The Hall–Kier alpha value is -0.890. The average Bonchev–Trinajstić information content (AvgIpc) is 2.82. The fourth-order valence-electron chi connectivity index (χ4n) is 3.14. The highest BCUT2D eigenvalue weighted by Crippen LogP contribution is 2.33. The van der Waals surface area contributed by atoms with Crippen LogP contribution in [0.4, 0.5) is 4.39 Å². The lowest BCUT2D eigenvalue weighted by Gasteiger charge is -2.23. The van der Waals surface area contributed by atoms with Gasteiger partial charge in [-0.2, -0.15) is 0 Å². The maximum atomic E-state index is 14.0. The molecule has 2 aliphatic rings. The van der Waals surface area contributed by atoms with Gasteiger partial charge in [-0.25, -0.2) is 4.39 Å². The second-order valence-electron chi connectivity index (χ2n) is 4.95. The smallest absolute Gasteiger partial charge is 0.128 e. The van der Waals surface area contributed by atoms with Crippen molar-refractivity contribution in [2.24, 2.45) is 0 Å². The summed E-state index contributed by atoms with van der Waals surface area (Å²) in [5.74, 6) is 0.0000463. The van der Waals surface area contributed by atoms with E-state index >= 15 is 0 Å². The second-order valence-corrected chi connectivity index (χ2v) is 4.95. The minimum absolute atomic E-state index is 0.0000463. The fourth-order valence-corrected chi connectivity index (χ4v) is 3.14. The lowest BCUT2D eigenvalue weighted by molar-refractivity contribution is 0.542. The van der Waals surface area contributed by atoms with Crippen LogP contribution in [0.25, 0.3) is 0 Å². The normalized spacial score (nSPS) is 24.4. The third kappa shape index (κ3) is 1.65. The predicted octanol–water partition coefficient (Wildman–Crippen LogP) is 3.13. The average molecular weight is 219 g/mol. The van der Waals surface area contributed by atoms with Gasteiger partial charge in [0, 0.05) is 11.6 Å². The Balaban J connectivity index is 2.06. The van der Waals surface area contributed by atoms with E-state index in [-0.39, 0.29) is 11.9 Å². The maximum absolute atomic E-state index is 14.0. The van der Waals surface area contributed by atoms with Crippen molar-refractivity contribution < 1.29 is 4.39 Å². The minimum atomic E-state index is 0.0000463. The van der Waals surface area contributed by atoms with E-state index in [1.54, 1.807) is 6.07 Å². The van der Waals surface area contributed by atoms with Gasteiger partial charge in [-0.05, 0) is 62.3 Å². The monoisotopic (exact) mass is 219 g/mol. The topological polar surface area (TPSA) is 12.0 Å². The molecule has 16 heavy (non-hydrogen) atoms.